The van der Waals surface area contributed by atoms with E-state index in [0.717, 1.165) is 17.8 Å². The summed E-state index contributed by atoms with van der Waals surface area (Å²) in [5.41, 5.74) is 0. The highest BCUT2D eigenvalue weighted by Gasteiger charge is 2.27. The average molecular weight is 153 g/mol. The molecule has 0 aromatic carbocycles. The highest BCUT2D eigenvalue weighted by atomic mass is 14.8. The van der Waals surface area contributed by atoms with Crippen molar-refractivity contribution in [1.29, 1.82) is 0 Å². The van der Waals surface area contributed by atoms with E-state index in [0.29, 0.717) is 6.04 Å². The maximum absolute atomic E-state index is 4.49. The molecule has 0 saturated heterocycles. The lowest BCUT2D eigenvalue weighted by Crippen LogP contribution is -2.31. The molecular weight excluding hydrogens is 134 g/mol. The smallest absolute Gasteiger partial charge is 0.0495 e. The Morgan fingerprint density at radius 3 is 2.36 bits per heavy atom. The Kier molecular flexibility index (Phi) is 2.69. The second kappa shape index (κ2) is 3.38. The normalized spacial score (nSPS) is 44.4. The average Bonchev–Trinajstić information content (AvgIpc) is 2.01. The third-order valence-electron chi connectivity index (χ3n) is 3.25. The predicted molar refractivity (Wildman–Crippen MR) is 50.1 cm³/mol. The first-order valence-corrected chi connectivity index (χ1v) is 4.70. The summed E-state index contributed by atoms with van der Waals surface area (Å²) in [6.45, 7) is 9.12. The van der Waals surface area contributed by atoms with Crippen LogP contribution in [-0.4, -0.2) is 12.3 Å². The molecular formula is C10H19N. The topological polar surface area (TPSA) is 12.4 Å². The zero-order chi connectivity index (χ0) is 8.43. The van der Waals surface area contributed by atoms with Crippen molar-refractivity contribution in [2.24, 2.45) is 22.7 Å². The van der Waals surface area contributed by atoms with E-state index < -0.39 is 0 Å². The molecule has 0 saturated carbocycles. The molecule has 4 unspecified atom stereocenters. The van der Waals surface area contributed by atoms with E-state index in [4.69, 9.17) is 0 Å². The predicted octanol–water partition coefficient (Wildman–Crippen LogP) is 2.76. The van der Waals surface area contributed by atoms with Gasteiger partial charge in [0.05, 0.1) is 0 Å². The first kappa shape index (κ1) is 8.76. The van der Waals surface area contributed by atoms with Crippen molar-refractivity contribution < 1.29 is 0 Å². The molecule has 0 spiro atoms. The second-order valence-corrected chi connectivity index (χ2v) is 3.83. The van der Waals surface area contributed by atoms with Gasteiger partial charge >= 0.3 is 0 Å². The largest absolute Gasteiger partial charge is 0.294 e. The van der Waals surface area contributed by atoms with Crippen LogP contribution in [0.1, 0.15) is 34.1 Å². The summed E-state index contributed by atoms with van der Waals surface area (Å²) >= 11 is 0. The number of nitrogens with zero attached hydrogens (tertiary/aromatic N) is 1. The van der Waals surface area contributed by atoms with Crippen LogP contribution >= 0.6 is 0 Å². The lowest BCUT2D eigenvalue weighted by atomic mass is 9.78. The van der Waals surface area contributed by atoms with Gasteiger partial charge in [0.1, 0.15) is 0 Å². The third kappa shape index (κ3) is 1.63. The van der Waals surface area contributed by atoms with Crippen LogP contribution in [0, 0.1) is 17.8 Å². The Morgan fingerprint density at radius 1 is 1.18 bits per heavy atom. The van der Waals surface area contributed by atoms with E-state index in [9.17, 15) is 0 Å². The van der Waals surface area contributed by atoms with Crippen molar-refractivity contribution in [3.63, 3.8) is 0 Å². The molecule has 4 atom stereocenters. The second-order valence-electron chi connectivity index (χ2n) is 3.83. The molecule has 1 nitrogen and oxygen atoms in total. The lowest BCUT2D eigenvalue weighted by Gasteiger charge is -2.32. The van der Waals surface area contributed by atoms with Crippen LogP contribution in [0.5, 0.6) is 0 Å². The van der Waals surface area contributed by atoms with Gasteiger partial charge in [0, 0.05) is 12.3 Å². The molecule has 1 aliphatic heterocycles. The monoisotopic (exact) mass is 153 g/mol. The Labute approximate surface area is 69.9 Å². The summed E-state index contributed by atoms with van der Waals surface area (Å²) in [6.07, 6.45) is 3.40. The summed E-state index contributed by atoms with van der Waals surface area (Å²) in [7, 11) is 0. The van der Waals surface area contributed by atoms with Gasteiger partial charge in [0.25, 0.3) is 0 Å². The molecule has 0 aromatic heterocycles. The molecule has 1 heteroatoms. The minimum Gasteiger partial charge on any atom is -0.294 e. The Balaban J connectivity index is 2.68. The molecule has 0 bridgehead atoms. The molecule has 0 radical (unpaired) electrons. The number of hydrogen-bond acceptors (Lipinski definition) is 1. The molecule has 0 aliphatic carbocycles. The highest BCUT2D eigenvalue weighted by Crippen LogP contribution is 2.29. The molecule has 11 heavy (non-hydrogen) atoms. The van der Waals surface area contributed by atoms with Crippen LogP contribution in [0.15, 0.2) is 4.99 Å². The number of aliphatic imine (C=N–C) groups is 1. The van der Waals surface area contributed by atoms with E-state index in [2.05, 4.69) is 38.9 Å². The Morgan fingerprint density at radius 2 is 1.82 bits per heavy atom. The van der Waals surface area contributed by atoms with Crippen LogP contribution in [-0.2, 0) is 0 Å². The number of hydrogen-bond donors (Lipinski definition) is 0. The van der Waals surface area contributed by atoms with Crippen molar-refractivity contribution in [1.82, 2.24) is 0 Å². The summed E-state index contributed by atoms with van der Waals surface area (Å²) in [5.74, 6) is 2.29. The maximum atomic E-state index is 4.49. The van der Waals surface area contributed by atoms with Gasteiger partial charge in [-0.2, -0.15) is 0 Å². The molecule has 1 aliphatic rings. The van der Waals surface area contributed by atoms with Gasteiger partial charge in [0.15, 0.2) is 0 Å². The molecule has 64 valence electrons. The zero-order valence-electron chi connectivity index (χ0n) is 8.04. The third-order valence-corrected chi connectivity index (χ3v) is 3.25. The SMILES string of the molecule is CCC1C=NC(C)C(C)C1C. The molecule has 1 heterocycles. The van der Waals surface area contributed by atoms with Gasteiger partial charge in [-0.1, -0.05) is 20.8 Å². The van der Waals surface area contributed by atoms with Crippen molar-refractivity contribution >= 4 is 6.21 Å². The molecule has 0 aromatic rings. The molecule has 0 amide bonds. The summed E-state index contributed by atoms with van der Waals surface area (Å²) in [4.78, 5) is 4.49. The van der Waals surface area contributed by atoms with Crippen LogP contribution in [0.3, 0.4) is 0 Å². The Hall–Kier alpha value is -0.330. The first-order valence-electron chi connectivity index (χ1n) is 4.70. The van der Waals surface area contributed by atoms with E-state index >= 15 is 0 Å². The van der Waals surface area contributed by atoms with E-state index in [1.165, 1.54) is 6.42 Å². The fourth-order valence-corrected chi connectivity index (χ4v) is 1.82. The van der Waals surface area contributed by atoms with Crippen molar-refractivity contribution in [2.75, 3.05) is 0 Å². The van der Waals surface area contributed by atoms with Crippen LogP contribution < -0.4 is 0 Å². The minimum atomic E-state index is 0.535. The fourth-order valence-electron chi connectivity index (χ4n) is 1.82. The van der Waals surface area contributed by atoms with Crippen molar-refractivity contribution in [3.8, 4) is 0 Å². The highest BCUT2D eigenvalue weighted by molar-refractivity contribution is 5.62. The summed E-state index contributed by atoms with van der Waals surface area (Å²) < 4.78 is 0. The van der Waals surface area contributed by atoms with E-state index in [1.54, 1.807) is 0 Å². The fraction of sp³-hybridized carbons (Fsp3) is 0.900. The van der Waals surface area contributed by atoms with Gasteiger partial charge in [-0.05, 0) is 31.1 Å². The number of rotatable bonds is 1. The van der Waals surface area contributed by atoms with Crippen LogP contribution in [0.4, 0.5) is 0 Å². The summed E-state index contributed by atoms with van der Waals surface area (Å²) in [6, 6.07) is 0.535. The zero-order valence-corrected chi connectivity index (χ0v) is 8.04. The molecule has 0 fully saturated rings. The van der Waals surface area contributed by atoms with Gasteiger partial charge in [-0.25, -0.2) is 0 Å². The van der Waals surface area contributed by atoms with Crippen LogP contribution in [0.2, 0.25) is 0 Å². The standard InChI is InChI=1S/C10H19N/c1-5-10-6-11-9(4)7(2)8(10)3/h6-10H,5H2,1-4H3. The lowest BCUT2D eigenvalue weighted by molar-refractivity contribution is 0.265. The first-order chi connectivity index (χ1) is 5.16. The Bertz CT molecular complexity index is 151. The quantitative estimate of drug-likeness (QED) is 0.549. The van der Waals surface area contributed by atoms with Gasteiger partial charge in [0.2, 0.25) is 0 Å². The van der Waals surface area contributed by atoms with Crippen LogP contribution in [0.25, 0.3) is 0 Å². The van der Waals surface area contributed by atoms with E-state index in [-0.39, 0.29) is 0 Å². The van der Waals surface area contributed by atoms with Gasteiger partial charge in [-0.3, -0.25) is 4.99 Å². The van der Waals surface area contributed by atoms with Gasteiger partial charge < -0.3 is 0 Å². The van der Waals surface area contributed by atoms with Crippen molar-refractivity contribution in [2.45, 2.75) is 40.2 Å². The molecule has 0 N–H and O–H groups in total. The summed E-state index contributed by atoms with van der Waals surface area (Å²) in [5, 5.41) is 0. The maximum Gasteiger partial charge on any atom is 0.0495 e. The van der Waals surface area contributed by atoms with Crippen molar-refractivity contribution in [3.05, 3.63) is 0 Å². The molecule has 1 rings (SSSR count). The van der Waals surface area contributed by atoms with Gasteiger partial charge in [-0.15, -0.1) is 0 Å². The van der Waals surface area contributed by atoms with E-state index in [1.807, 2.05) is 0 Å². The minimum absolute atomic E-state index is 0.535.